The number of nitriles is 1. The van der Waals surface area contributed by atoms with Gasteiger partial charge in [-0.2, -0.15) is 5.26 Å². The summed E-state index contributed by atoms with van der Waals surface area (Å²) >= 11 is 6.23. The summed E-state index contributed by atoms with van der Waals surface area (Å²) in [4.78, 5) is 0. The summed E-state index contributed by atoms with van der Waals surface area (Å²) < 4.78 is 0. The second kappa shape index (κ2) is 6.28. The van der Waals surface area contributed by atoms with Crippen molar-refractivity contribution in [2.75, 3.05) is 5.32 Å². The highest BCUT2D eigenvalue weighted by Gasteiger charge is 2.36. The summed E-state index contributed by atoms with van der Waals surface area (Å²) in [5.74, 6) is 0.681. The van der Waals surface area contributed by atoms with Crippen LogP contribution in [-0.4, -0.2) is 5.54 Å². The van der Waals surface area contributed by atoms with E-state index in [4.69, 9.17) is 11.6 Å². The molecule has 1 aliphatic rings. The average Bonchev–Trinajstić information content (AvgIpc) is 2.64. The van der Waals surface area contributed by atoms with E-state index in [-0.39, 0.29) is 0 Å². The van der Waals surface area contributed by atoms with Crippen molar-refractivity contribution in [3.8, 4) is 6.07 Å². The van der Waals surface area contributed by atoms with E-state index in [0.29, 0.717) is 16.4 Å². The van der Waals surface area contributed by atoms with Gasteiger partial charge in [0.15, 0.2) is 0 Å². The van der Waals surface area contributed by atoms with E-state index in [1.165, 1.54) is 6.42 Å². The lowest BCUT2D eigenvalue weighted by Gasteiger charge is -2.31. The molecule has 1 saturated carbocycles. The molecule has 21 heavy (non-hydrogen) atoms. The van der Waals surface area contributed by atoms with Crippen LogP contribution in [0.1, 0.15) is 52.9 Å². The van der Waals surface area contributed by atoms with Crippen molar-refractivity contribution in [1.29, 1.82) is 5.26 Å². The van der Waals surface area contributed by atoms with Crippen LogP contribution in [0, 0.1) is 22.7 Å². The molecular formula is C18H25ClN2. The standard InChI is InChI=1S/C18H25ClN2/c1-17(2,3)14-7-6-11-18(13-20,12-10-14)21-16-9-5-4-8-15(16)19/h4-5,8-9,14,21H,6-7,10-12H2,1-3H3. The third-order valence-electron chi connectivity index (χ3n) is 4.76. The Bertz CT molecular complexity index is 527. The Hall–Kier alpha value is -1.20. The van der Waals surface area contributed by atoms with Gasteiger partial charge in [-0.15, -0.1) is 0 Å². The largest absolute Gasteiger partial charge is 0.366 e. The van der Waals surface area contributed by atoms with Gasteiger partial charge in [0.25, 0.3) is 0 Å². The van der Waals surface area contributed by atoms with Crippen molar-refractivity contribution in [1.82, 2.24) is 0 Å². The topological polar surface area (TPSA) is 35.8 Å². The highest BCUT2D eigenvalue weighted by Crippen LogP contribution is 2.41. The van der Waals surface area contributed by atoms with Crippen LogP contribution in [-0.2, 0) is 0 Å². The first-order valence-electron chi connectivity index (χ1n) is 7.80. The number of anilines is 1. The first kappa shape index (κ1) is 16.2. The van der Waals surface area contributed by atoms with Gasteiger partial charge < -0.3 is 5.32 Å². The van der Waals surface area contributed by atoms with Crippen LogP contribution in [0.2, 0.25) is 5.02 Å². The van der Waals surface area contributed by atoms with Gasteiger partial charge in [-0.1, -0.05) is 44.5 Å². The number of benzene rings is 1. The average molecular weight is 305 g/mol. The number of hydrogen-bond acceptors (Lipinski definition) is 2. The summed E-state index contributed by atoms with van der Waals surface area (Å²) in [6.07, 6.45) is 5.16. The summed E-state index contributed by atoms with van der Waals surface area (Å²) in [7, 11) is 0. The highest BCUT2D eigenvalue weighted by molar-refractivity contribution is 6.33. The number of halogens is 1. The fraction of sp³-hybridized carbons (Fsp3) is 0.611. The molecule has 2 atom stereocenters. The molecule has 1 aliphatic carbocycles. The van der Waals surface area contributed by atoms with Crippen LogP contribution in [0.3, 0.4) is 0 Å². The van der Waals surface area contributed by atoms with E-state index in [0.717, 1.165) is 31.4 Å². The van der Waals surface area contributed by atoms with Crippen molar-refractivity contribution in [2.24, 2.45) is 11.3 Å². The molecule has 0 amide bonds. The third kappa shape index (κ3) is 3.92. The summed E-state index contributed by atoms with van der Waals surface area (Å²) in [6, 6.07) is 10.2. The third-order valence-corrected chi connectivity index (χ3v) is 5.09. The lowest BCUT2D eigenvalue weighted by Crippen LogP contribution is -2.36. The lowest BCUT2D eigenvalue weighted by molar-refractivity contribution is 0.213. The maximum atomic E-state index is 9.75. The Balaban J connectivity index is 2.16. The number of nitrogens with one attached hydrogen (secondary N) is 1. The molecule has 0 heterocycles. The molecular weight excluding hydrogens is 280 g/mol. The van der Waals surface area contributed by atoms with Gasteiger partial charge >= 0.3 is 0 Å². The van der Waals surface area contributed by atoms with Crippen molar-refractivity contribution in [3.63, 3.8) is 0 Å². The Morgan fingerprint density at radius 3 is 2.57 bits per heavy atom. The number of para-hydroxylation sites is 1. The molecule has 0 aromatic heterocycles. The lowest BCUT2D eigenvalue weighted by atomic mass is 9.76. The van der Waals surface area contributed by atoms with Gasteiger partial charge in [0, 0.05) is 0 Å². The Morgan fingerprint density at radius 2 is 1.95 bits per heavy atom. The first-order chi connectivity index (χ1) is 9.86. The number of rotatable bonds is 2. The van der Waals surface area contributed by atoms with Crippen LogP contribution in [0.15, 0.2) is 24.3 Å². The van der Waals surface area contributed by atoms with Gasteiger partial charge in [0.05, 0.1) is 16.8 Å². The fourth-order valence-electron chi connectivity index (χ4n) is 3.29. The van der Waals surface area contributed by atoms with Crippen LogP contribution < -0.4 is 5.32 Å². The molecule has 0 spiro atoms. The van der Waals surface area contributed by atoms with Crippen LogP contribution in [0.5, 0.6) is 0 Å². The van der Waals surface area contributed by atoms with E-state index < -0.39 is 5.54 Å². The molecule has 2 rings (SSSR count). The molecule has 114 valence electrons. The molecule has 2 nitrogen and oxygen atoms in total. The van der Waals surface area contributed by atoms with Gasteiger partial charge in [-0.3, -0.25) is 0 Å². The summed E-state index contributed by atoms with van der Waals surface area (Å²) in [5.41, 5.74) is 0.705. The van der Waals surface area contributed by atoms with Gasteiger partial charge in [-0.25, -0.2) is 0 Å². The quantitative estimate of drug-likeness (QED) is 0.718. The monoisotopic (exact) mass is 304 g/mol. The summed E-state index contributed by atoms with van der Waals surface area (Å²) in [5, 5.41) is 13.9. The minimum Gasteiger partial charge on any atom is -0.366 e. The van der Waals surface area contributed by atoms with Crippen molar-refractivity contribution < 1.29 is 0 Å². The normalized spacial score (nSPS) is 26.7. The zero-order valence-corrected chi connectivity index (χ0v) is 14.0. The van der Waals surface area contributed by atoms with E-state index >= 15 is 0 Å². The predicted octanol–water partition coefficient (Wildman–Crippen LogP) is 5.64. The molecule has 1 N–H and O–H groups in total. The highest BCUT2D eigenvalue weighted by atomic mass is 35.5. The smallest absolute Gasteiger partial charge is 0.125 e. The Morgan fingerprint density at radius 1 is 1.24 bits per heavy atom. The van der Waals surface area contributed by atoms with Crippen LogP contribution in [0.4, 0.5) is 5.69 Å². The minimum absolute atomic E-state index is 0.315. The molecule has 1 fully saturated rings. The summed E-state index contributed by atoms with van der Waals surface area (Å²) in [6.45, 7) is 6.91. The molecule has 3 heteroatoms. The molecule has 1 aromatic carbocycles. The van der Waals surface area contributed by atoms with E-state index in [1.807, 2.05) is 24.3 Å². The second-order valence-electron chi connectivity index (χ2n) is 7.29. The first-order valence-corrected chi connectivity index (χ1v) is 8.18. The second-order valence-corrected chi connectivity index (χ2v) is 7.70. The van der Waals surface area contributed by atoms with Gasteiger partial charge in [0.2, 0.25) is 0 Å². The van der Waals surface area contributed by atoms with Crippen LogP contribution in [0.25, 0.3) is 0 Å². The number of hydrogen-bond donors (Lipinski definition) is 1. The Kier molecular flexibility index (Phi) is 4.84. The molecule has 0 saturated heterocycles. The molecule has 0 aliphatic heterocycles. The van der Waals surface area contributed by atoms with E-state index in [1.54, 1.807) is 0 Å². The molecule has 0 radical (unpaired) electrons. The SMILES string of the molecule is CC(C)(C)C1CCCC(C#N)(Nc2ccccc2Cl)CC1. The molecule has 2 unspecified atom stereocenters. The van der Waals surface area contributed by atoms with Crippen molar-refractivity contribution in [2.45, 2.75) is 58.4 Å². The minimum atomic E-state index is -0.481. The Labute approximate surface area is 133 Å². The van der Waals surface area contributed by atoms with Gasteiger partial charge in [-0.05, 0) is 55.6 Å². The molecule has 0 bridgehead atoms. The maximum absolute atomic E-state index is 9.75. The maximum Gasteiger partial charge on any atom is 0.125 e. The zero-order valence-electron chi connectivity index (χ0n) is 13.2. The number of nitrogens with zero attached hydrogens (tertiary/aromatic N) is 1. The van der Waals surface area contributed by atoms with Crippen molar-refractivity contribution in [3.05, 3.63) is 29.3 Å². The van der Waals surface area contributed by atoms with E-state index in [2.05, 4.69) is 32.2 Å². The van der Waals surface area contributed by atoms with Crippen molar-refractivity contribution >= 4 is 17.3 Å². The fourth-order valence-corrected chi connectivity index (χ4v) is 3.47. The van der Waals surface area contributed by atoms with E-state index in [9.17, 15) is 5.26 Å². The zero-order chi connectivity index (χ0) is 15.5. The van der Waals surface area contributed by atoms with Crippen LogP contribution >= 0.6 is 11.6 Å². The molecule has 1 aromatic rings. The van der Waals surface area contributed by atoms with Gasteiger partial charge in [0.1, 0.15) is 5.54 Å². The predicted molar refractivity (Wildman–Crippen MR) is 89.4 cm³/mol.